The van der Waals surface area contributed by atoms with E-state index in [0.29, 0.717) is 5.92 Å². The van der Waals surface area contributed by atoms with Crippen molar-refractivity contribution in [3.63, 3.8) is 0 Å². The molecule has 0 saturated carbocycles. The van der Waals surface area contributed by atoms with E-state index in [-0.39, 0.29) is 5.60 Å². The first-order chi connectivity index (χ1) is 8.53. The van der Waals surface area contributed by atoms with Crippen LogP contribution in [0.4, 0.5) is 4.79 Å². The Hall–Kier alpha value is -0.730. The van der Waals surface area contributed by atoms with Gasteiger partial charge >= 0.3 is 6.09 Å². The van der Waals surface area contributed by atoms with Gasteiger partial charge in [-0.25, -0.2) is 4.79 Å². The summed E-state index contributed by atoms with van der Waals surface area (Å²) < 4.78 is 5.51. The van der Waals surface area contributed by atoms with Gasteiger partial charge in [0.05, 0.1) is 0 Å². The number of unbranched alkanes of at least 4 members (excludes halogenated alkanes) is 2. The van der Waals surface area contributed by atoms with E-state index in [2.05, 4.69) is 27.7 Å². The molecule has 0 spiro atoms. The molecule has 0 bridgehead atoms. The lowest BCUT2D eigenvalue weighted by Gasteiger charge is -2.35. The van der Waals surface area contributed by atoms with Crippen LogP contribution in [-0.4, -0.2) is 11.7 Å². The smallest absolute Gasteiger partial charge is 0.405 e. The largest absolute Gasteiger partial charge is 0.443 e. The summed E-state index contributed by atoms with van der Waals surface area (Å²) in [5, 5.41) is 0. The van der Waals surface area contributed by atoms with E-state index in [9.17, 15) is 4.79 Å². The van der Waals surface area contributed by atoms with Crippen molar-refractivity contribution in [2.75, 3.05) is 0 Å². The Morgan fingerprint density at radius 3 is 2.17 bits per heavy atom. The quantitative estimate of drug-likeness (QED) is 0.580. The van der Waals surface area contributed by atoms with Gasteiger partial charge in [0.25, 0.3) is 0 Å². The predicted octanol–water partition coefficient (Wildman–Crippen LogP) is 4.64. The average Bonchev–Trinajstić information content (AvgIpc) is 2.35. The summed E-state index contributed by atoms with van der Waals surface area (Å²) in [7, 11) is 0. The molecule has 3 nitrogen and oxygen atoms in total. The van der Waals surface area contributed by atoms with Crippen molar-refractivity contribution in [3.8, 4) is 0 Å². The molecule has 0 aromatic rings. The van der Waals surface area contributed by atoms with Crippen molar-refractivity contribution in [2.45, 2.75) is 84.7 Å². The molecule has 0 aromatic heterocycles. The number of carbonyl (C=O) groups is 1. The van der Waals surface area contributed by atoms with E-state index in [1.165, 1.54) is 12.8 Å². The van der Waals surface area contributed by atoms with Gasteiger partial charge in [0.2, 0.25) is 0 Å². The average molecular weight is 257 g/mol. The SMILES string of the molecule is CCCCCC(CC)(CC(CC)CC)OC(N)=O. The van der Waals surface area contributed by atoms with E-state index in [1.54, 1.807) is 0 Å². The highest BCUT2D eigenvalue weighted by Gasteiger charge is 2.33. The molecule has 18 heavy (non-hydrogen) atoms. The highest BCUT2D eigenvalue weighted by atomic mass is 16.6. The molecule has 0 fully saturated rings. The number of amides is 1. The summed E-state index contributed by atoms with van der Waals surface area (Å²) in [4.78, 5) is 11.2. The zero-order valence-corrected chi connectivity index (χ0v) is 12.6. The summed E-state index contributed by atoms with van der Waals surface area (Å²) in [6, 6.07) is 0. The Bertz CT molecular complexity index is 227. The maximum absolute atomic E-state index is 11.2. The van der Waals surface area contributed by atoms with E-state index >= 15 is 0 Å². The predicted molar refractivity (Wildman–Crippen MR) is 76.5 cm³/mol. The van der Waals surface area contributed by atoms with Crippen LogP contribution in [0.5, 0.6) is 0 Å². The van der Waals surface area contributed by atoms with Gasteiger partial charge in [0.15, 0.2) is 0 Å². The number of ether oxygens (including phenoxy) is 1. The molecule has 0 rings (SSSR count). The Labute approximate surface area is 112 Å². The third kappa shape index (κ3) is 6.27. The molecular weight excluding hydrogens is 226 g/mol. The molecule has 1 unspecified atom stereocenters. The lowest BCUT2D eigenvalue weighted by Crippen LogP contribution is -2.38. The van der Waals surface area contributed by atoms with Crippen molar-refractivity contribution in [1.82, 2.24) is 0 Å². The Balaban J connectivity index is 4.67. The number of primary amides is 1. The van der Waals surface area contributed by atoms with Crippen LogP contribution in [0, 0.1) is 5.92 Å². The minimum Gasteiger partial charge on any atom is -0.443 e. The van der Waals surface area contributed by atoms with Gasteiger partial charge in [-0.15, -0.1) is 0 Å². The highest BCUT2D eigenvalue weighted by Crippen LogP contribution is 2.33. The first-order valence-corrected chi connectivity index (χ1v) is 7.51. The van der Waals surface area contributed by atoms with E-state index in [0.717, 1.165) is 38.5 Å². The van der Waals surface area contributed by atoms with Gasteiger partial charge in [0.1, 0.15) is 5.60 Å². The van der Waals surface area contributed by atoms with Crippen LogP contribution in [0.2, 0.25) is 0 Å². The fourth-order valence-electron chi connectivity index (χ4n) is 2.60. The zero-order chi connectivity index (χ0) is 14.0. The van der Waals surface area contributed by atoms with Gasteiger partial charge in [-0.2, -0.15) is 0 Å². The lowest BCUT2D eigenvalue weighted by atomic mass is 9.82. The first kappa shape index (κ1) is 17.3. The normalized spacial score (nSPS) is 14.5. The van der Waals surface area contributed by atoms with Crippen LogP contribution in [0.3, 0.4) is 0 Å². The Morgan fingerprint density at radius 1 is 1.17 bits per heavy atom. The summed E-state index contributed by atoms with van der Waals surface area (Å²) in [5.41, 5.74) is 4.92. The van der Waals surface area contributed by atoms with Crippen LogP contribution in [0.25, 0.3) is 0 Å². The van der Waals surface area contributed by atoms with Crippen LogP contribution < -0.4 is 5.73 Å². The zero-order valence-electron chi connectivity index (χ0n) is 12.6. The number of rotatable bonds is 10. The molecule has 0 saturated heterocycles. The monoisotopic (exact) mass is 257 g/mol. The van der Waals surface area contributed by atoms with Crippen molar-refractivity contribution in [3.05, 3.63) is 0 Å². The summed E-state index contributed by atoms with van der Waals surface area (Å²) in [6.45, 7) is 8.68. The molecule has 1 atom stereocenters. The Kier molecular flexibility index (Phi) is 8.86. The second-order valence-electron chi connectivity index (χ2n) is 5.30. The molecule has 0 aliphatic rings. The molecule has 2 N–H and O–H groups in total. The topological polar surface area (TPSA) is 52.3 Å². The second-order valence-corrected chi connectivity index (χ2v) is 5.30. The molecule has 0 aliphatic heterocycles. The molecule has 108 valence electrons. The second kappa shape index (κ2) is 9.23. The van der Waals surface area contributed by atoms with Gasteiger partial charge in [-0.3, -0.25) is 0 Å². The van der Waals surface area contributed by atoms with E-state index in [1.807, 2.05) is 0 Å². The van der Waals surface area contributed by atoms with Crippen molar-refractivity contribution >= 4 is 6.09 Å². The molecule has 0 aromatic carbocycles. The fraction of sp³-hybridized carbons (Fsp3) is 0.933. The minimum absolute atomic E-state index is 0.336. The van der Waals surface area contributed by atoms with Crippen LogP contribution in [0.15, 0.2) is 0 Å². The maximum atomic E-state index is 11.2. The number of nitrogens with two attached hydrogens (primary N) is 1. The Morgan fingerprint density at radius 2 is 1.78 bits per heavy atom. The number of hydrogen-bond donors (Lipinski definition) is 1. The van der Waals surface area contributed by atoms with Gasteiger partial charge in [-0.05, 0) is 31.6 Å². The van der Waals surface area contributed by atoms with Gasteiger partial charge in [0, 0.05) is 0 Å². The van der Waals surface area contributed by atoms with E-state index in [4.69, 9.17) is 10.5 Å². The van der Waals surface area contributed by atoms with Crippen LogP contribution in [0.1, 0.15) is 79.1 Å². The molecule has 0 aliphatic carbocycles. The highest BCUT2D eigenvalue weighted by molar-refractivity contribution is 5.65. The summed E-state index contributed by atoms with van der Waals surface area (Å²) in [5.74, 6) is 0.617. The molecular formula is C15H31NO2. The van der Waals surface area contributed by atoms with E-state index < -0.39 is 6.09 Å². The lowest BCUT2D eigenvalue weighted by molar-refractivity contribution is -0.0151. The first-order valence-electron chi connectivity index (χ1n) is 7.51. The third-order valence-corrected chi connectivity index (χ3v) is 4.01. The van der Waals surface area contributed by atoms with Crippen LogP contribution in [-0.2, 0) is 4.74 Å². The van der Waals surface area contributed by atoms with Gasteiger partial charge in [-0.1, -0.05) is 53.4 Å². The fourth-order valence-corrected chi connectivity index (χ4v) is 2.60. The van der Waals surface area contributed by atoms with Crippen molar-refractivity contribution in [1.29, 1.82) is 0 Å². The van der Waals surface area contributed by atoms with Gasteiger partial charge < -0.3 is 10.5 Å². The molecule has 1 amide bonds. The minimum atomic E-state index is -0.626. The standard InChI is InChI=1S/C15H31NO2/c1-5-9-10-11-15(8-4,18-14(16)17)12-13(6-2)7-3/h13H,5-12H2,1-4H3,(H2,16,17). The molecule has 0 radical (unpaired) electrons. The maximum Gasteiger partial charge on any atom is 0.405 e. The third-order valence-electron chi connectivity index (χ3n) is 4.01. The van der Waals surface area contributed by atoms with Crippen LogP contribution >= 0.6 is 0 Å². The number of hydrogen-bond acceptors (Lipinski definition) is 2. The molecule has 3 heteroatoms. The number of carbonyl (C=O) groups excluding carboxylic acids is 1. The van der Waals surface area contributed by atoms with Crippen molar-refractivity contribution in [2.24, 2.45) is 11.7 Å². The van der Waals surface area contributed by atoms with Crippen molar-refractivity contribution < 1.29 is 9.53 Å². The summed E-state index contributed by atoms with van der Waals surface area (Å²) in [6.07, 6.45) is 7.86. The molecule has 0 heterocycles. The summed E-state index contributed by atoms with van der Waals surface area (Å²) >= 11 is 0.